The van der Waals surface area contributed by atoms with Crippen molar-refractivity contribution in [2.75, 3.05) is 5.32 Å². The fourth-order valence-corrected chi connectivity index (χ4v) is 2.14. The Morgan fingerprint density at radius 1 is 1.41 bits per heavy atom. The minimum Gasteiger partial charge on any atom is -0.477 e. The van der Waals surface area contributed by atoms with Crippen molar-refractivity contribution in [3.8, 4) is 0 Å². The van der Waals surface area contributed by atoms with E-state index in [4.69, 9.17) is 5.11 Å². The van der Waals surface area contributed by atoms with Crippen molar-refractivity contribution in [1.82, 2.24) is 9.97 Å². The van der Waals surface area contributed by atoms with Crippen LogP contribution in [-0.4, -0.2) is 21.0 Å². The number of nitrogens with zero attached hydrogens (tertiary/aromatic N) is 2. The number of anilines is 2. The standard InChI is InChI=1S/C11H11N3O2S/c1-6-3-4-8(5-12-6)14-11-13-7(2)9(17-11)10(15)16/h3-5H,1-2H3,(H,13,14)(H,15,16). The monoisotopic (exact) mass is 249 g/mol. The lowest BCUT2D eigenvalue weighted by atomic mass is 10.3. The Morgan fingerprint density at radius 3 is 2.71 bits per heavy atom. The molecule has 0 saturated carbocycles. The molecule has 0 aromatic carbocycles. The van der Waals surface area contributed by atoms with Crippen molar-refractivity contribution >= 4 is 28.1 Å². The molecular weight excluding hydrogens is 238 g/mol. The van der Waals surface area contributed by atoms with E-state index >= 15 is 0 Å². The topological polar surface area (TPSA) is 75.1 Å². The maximum absolute atomic E-state index is 10.9. The largest absolute Gasteiger partial charge is 0.477 e. The Hall–Kier alpha value is -1.95. The summed E-state index contributed by atoms with van der Waals surface area (Å²) in [5.41, 5.74) is 2.24. The number of carboxylic acid groups (broad SMARTS) is 1. The van der Waals surface area contributed by atoms with E-state index < -0.39 is 5.97 Å². The second kappa shape index (κ2) is 4.50. The number of aryl methyl sites for hydroxylation is 2. The average Bonchev–Trinajstić information content (AvgIpc) is 2.63. The van der Waals surface area contributed by atoms with Gasteiger partial charge in [-0.3, -0.25) is 4.98 Å². The Balaban J connectivity index is 2.22. The van der Waals surface area contributed by atoms with Crippen LogP contribution in [0.15, 0.2) is 18.3 Å². The molecule has 0 radical (unpaired) electrons. The molecule has 0 saturated heterocycles. The van der Waals surface area contributed by atoms with E-state index in [0.29, 0.717) is 10.8 Å². The number of rotatable bonds is 3. The SMILES string of the molecule is Cc1ccc(Nc2nc(C)c(C(=O)O)s2)cn1. The minimum absolute atomic E-state index is 0.257. The van der Waals surface area contributed by atoms with Crippen molar-refractivity contribution in [1.29, 1.82) is 0 Å². The molecule has 17 heavy (non-hydrogen) atoms. The molecule has 0 aliphatic rings. The summed E-state index contributed by atoms with van der Waals surface area (Å²) in [5.74, 6) is -0.949. The van der Waals surface area contributed by atoms with Gasteiger partial charge in [0.1, 0.15) is 4.88 Å². The van der Waals surface area contributed by atoms with Crippen LogP contribution in [-0.2, 0) is 0 Å². The number of carbonyl (C=O) groups is 1. The van der Waals surface area contributed by atoms with Gasteiger partial charge < -0.3 is 10.4 Å². The molecule has 2 aromatic rings. The summed E-state index contributed by atoms with van der Waals surface area (Å²) in [6.07, 6.45) is 1.69. The molecule has 0 fully saturated rings. The summed E-state index contributed by atoms with van der Waals surface area (Å²) in [6.45, 7) is 3.58. The van der Waals surface area contributed by atoms with Gasteiger partial charge in [0.05, 0.1) is 17.6 Å². The zero-order valence-corrected chi connectivity index (χ0v) is 10.2. The van der Waals surface area contributed by atoms with E-state index in [1.165, 1.54) is 0 Å². The van der Waals surface area contributed by atoms with Crippen LogP contribution in [0.1, 0.15) is 21.1 Å². The number of thiazole rings is 1. The van der Waals surface area contributed by atoms with E-state index in [1.54, 1.807) is 13.1 Å². The van der Waals surface area contributed by atoms with Gasteiger partial charge >= 0.3 is 5.97 Å². The molecule has 0 bridgehead atoms. The van der Waals surface area contributed by atoms with Crippen molar-refractivity contribution in [3.05, 3.63) is 34.6 Å². The number of hydrogen-bond acceptors (Lipinski definition) is 5. The molecule has 0 unspecified atom stereocenters. The first kappa shape index (κ1) is 11.5. The van der Waals surface area contributed by atoms with Crippen molar-refractivity contribution in [2.24, 2.45) is 0 Å². The Kier molecular flexibility index (Phi) is 3.06. The maximum atomic E-state index is 10.9. The van der Waals surface area contributed by atoms with E-state index in [2.05, 4.69) is 15.3 Å². The summed E-state index contributed by atoms with van der Waals surface area (Å²) in [5, 5.41) is 12.5. The van der Waals surface area contributed by atoms with E-state index in [-0.39, 0.29) is 4.88 Å². The summed E-state index contributed by atoms with van der Waals surface area (Å²) >= 11 is 1.12. The Labute approximate surface area is 102 Å². The zero-order valence-electron chi connectivity index (χ0n) is 9.39. The van der Waals surface area contributed by atoms with Crippen LogP contribution in [0.2, 0.25) is 0 Å². The third-order valence-corrected chi connectivity index (χ3v) is 3.21. The van der Waals surface area contributed by atoms with E-state index in [0.717, 1.165) is 22.7 Å². The highest BCUT2D eigenvalue weighted by Gasteiger charge is 2.13. The van der Waals surface area contributed by atoms with Gasteiger partial charge in [-0.05, 0) is 26.0 Å². The third kappa shape index (κ3) is 2.59. The van der Waals surface area contributed by atoms with Crippen molar-refractivity contribution in [2.45, 2.75) is 13.8 Å². The highest BCUT2D eigenvalue weighted by Crippen LogP contribution is 2.25. The zero-order chi connectivity index (χ0) is 12.4. The molecule has 88 valence electrons. The Bertz CT molecular complexity index is 548. The lowest BCUT2D eigenvalue weighted by Crippen LogP contribution is -1.94. The van der Waals surface area contributed by atoms with Crippen molar-refractivity contribution < 1.29 is 9.90 Å². The van der Waals surface area contributed by atoms with Crippen LogP contribution in [0.4, 0.5) is 10.8 Å². The molecule has 2 N–H and O–H groups in total. The lowest BCUT2D eigenvalue weighted by molar-refractivity contribution is 0.0701. The average molecular weight is 249 g/mol. The Morgan fingerprint density at radius 2 is 2.18 bits per heavy atom. The molecule has 2 rings (SSSR count). The normalized spacial score (nSPS) is 10.2. The first-order valence-corrected chi connectivity index (χ1v) is 5.78. The first-order valence-electron chi connectivity index (χ1n) is 4.96. The molecule has 6 heteroatoms. The number of pyridine rings is 1. The van der Waals surface area contributed by atoms with Gasteiger partial charge in [-0.2, -0.15) is 0 Å². The predicted octanol–water partition coefficient (Wildman–Crippen LogP) is 2.60. The highest BCUT2D eigenvalue weighted by atomic mass is 32.1. The van der Waals surface area contributed by atoms with Gasteiger partial charge in [0.25, 0.3) is 0 Å². The van der Waals surface area contributed by atoms with Gasteiger partial charge in [-0.15, -0.1) is 0 Å². The van der Waals surface area contributed by atoms with Crippen LogP contribution < -0.4 is 5.32 Å². The number of carboxylic acids is 1. The van der Waals surface area contributed by atoms with Gasteiger partial charge in [-0.1, -0.05) is 11.3 Å². The predicted molar refractivity (Wildman–Crippen MR) is 66.1 cm³/mol. The molecule has 0 aliphatic heterocycles. The molecular formula is C11H11N3O2S. The number of aromatic nitrogens is 2. The van der Waals surface area contributed by atoms with Gasteiger partial charge in [-0.25, -0.2) is 9.78 Å². The summed E-state index contributed by atoms with van der Waals surface area (Å²) < 4.78 is 0. The molecule has 0 amide bonds. The fourth-order valence-electron chi connectivity index (χ4n) is 1.31. The molecule has 0 atom stereocenters. The molecule has 0 aliphatic carbocycles. The summed E-state index contributed by atoms with van der Waals surface area (Å²) in [6, 6.07) is 3.75. The minimum atomic E-state index is -0.949. The fraction of sp³-hybridized carbons (Fsp3) is 0.182. The van der Waals surface area contributed by atoms with Crippen LogP contribution in [0, 0.1) is 13.8 Å². The quantitative estimate of drug-likeness (QED) is 0.874. The molecule has 2 heterocycles. The number of nitrogens with one attached hydrogen (secondary N) is 1. The smallest absolute Gasteiger partial charge is 0.347 e. The van der Waals surface area contributed by atoms with E-state index in [1.807, 2.05) is 19.1 Å². The van der Waals surface area contributed by atoms with Crippen LogP contribution in [0.3, 0.4) is 0 Å². The highest BCUT2D eigenvalue weighted by molar-refractivity contribution is 7.17. The lowest BCUT2D eigenvalue weighted by Gasteiger charge is -2.01. The van der Waals surface area contributed by atoms with Gasteiger partial charge in [0, 0.05) is 5.69 Å². The molecule has 2 aromatic heterocycles. The first-order chi connectivity index (χ1) is 8.06. The second-order valence-corrected chi connectivity index (χ2v) is 4.55. The summed E-state index contributed by atoms with van der Waals surface area (Å²) in [4.78, 5) is 19.4. The number of hydrogen-bond donors (Lipinski definition) is 2. The third-order valence-electron chi connectivity index (χ3n) is 2.15. The van der Waals surface area contributed by atoms with Crippen LogP contribution in [0.25, 0.3) is 0 Å². The summed E-state index contributed by atoms with van der Waals surface area (Å²) in [7, 11) is 0. The van der Waals surface area contributed by atoms with E-state index in [9.17, 15) is 4.79 Å². The maximum Gasteiger partial charge on any atom is 0.347 e. The van der Waals surface area contributed by atoms with Crippen LogP contribution >= 0.6 is 11.3 Å². The van der Waals surface area contributed by atoms with Crippen molar-refractivity contribution in [3.63, 3.8) is 0 Å². The number of aromatic carboxylic acids is 1. The van der Waals surface area contributed by atoms with Crippen LogP contribution in [0.5, 0.6) is 0 Å². The second-order valence-electron chi connectivity index (χ2n) is 3.55. The van der Waals surface area contributed by atoms with Gasteiger partial charge in [0.15, 0.2) is 5.13 Å². The molecule has 5 nitrogen and oxygen atoms in total. The van der Waals surface area contributed by atoms with Gasteiger partial charge in [0.2, 0.25) is 0 Å². The molecule has 0 spiro atoms.